The van der Waals surface area contributed by atoms with Crippen LogP contribution < -0.4 is 0 Å². The third kappa shape index (κ3) is 2.90. The minimum Gasteiger partial charge on any atom is -0.335 e. The number of amides is 1. The molecule has 0 aromatic carbocycles. The van der Waals surface area contributed by atoms with E-state index in [2.05, 4.69) is 39.7 Å². The van der Waals surface area contributed by atoms with Crippen molar-refractivity contribution < 1.29 is 4.79 Å². The SMILES string of the molecule is CC(C)N1CCN(C(=O)c2ncccc2Br)CC1. The van der Waals surface area contributed by atoms with Gasteiger partial charge in [0.25, 0.3) is 5.91 Å². The van der Waals surface area contributed by atoms with Crippen LogP contribution in [0.2, 0.25) is 0 Å². The summed E-state index contributed by atoms with van der Waals surface area (Å²) in [6, 6.07) is 4.21. The van der Waals surface area contributed by atoms with Crippen molar-refractivity contribution in [1.82, 2.24) is 14.8 Å². The van der Waals surface area contributed by atoms with Crippen LogP contribution in [0.25, 0.3) is 0 Å². The van der Waals surface area contributed by atoms with Crippen LogP contribution in [0.1, 0.15) is 24.3 Å². The number of aromatic nitrogens is 1. The van der Waals surface area contributed by atoms with E-state index < -0.39 is 0 Å². The third-order valence-corrected chi connectivity index (χ3v) is 3.93. The van der Waals surface area contributed by atoms with Crippen molar-refractivity contribution in [1.29, 1.82) is 0 Å². The molecule has 1 aromatic rings. The van der Waals surface area contributed by atoms with Gasteiger partial charge in [-0.05, 0) is 41.9 Å². The zero-order valence-corrected chi connectivity index (χ0v) is 12.4. The number of piperazine rings is 1. The molecule has 1 aromatic heterocycles. The van der Waals surface area contributed by atoms with E-state index in [9.17, 15) is 4.79 Å². The number of pyridine rings is 1. The third-order valence-electron chi connectivity index (χ3n) is 3.29. The standard InChI is InChI=1S/C13H18BrN3O/c1-10(2)16-6-8-17(9-7-16)13(18)12-11(14)4-3-5-15-12/h3-5,10H,6-9H2,1-2H3. The normalized spacial score (nSPS) is 17.2. The number of rotatable bonds is 2. The van der Waals surface area contributed by atoms with Gasteiger partial charge in [0.15, 0.2) is 0 Å². The van der Waals surface area contributed by atoms with Crippen molar-refractivity contribution >= 4 is 21.8 Å². The molecule has 4 nitrogen and oxygen atoms in total. The van der Waals surface area contributed by atoms with Gasteiger partial charge in [0.05, 0.1) is 0 Å². The summed E-state index contributed by atoms with van der Waals surface area (Å²) in [4.78, 5) is 20.7. The Bertz CT molecular complexity index is 428. The van der Waals surface area contributed by atoms with Crippen LogP contribution in [0.5, 0.6) is 0 Å². The molecule has 1 amide bonds. The summed E-state index contributed by atoms with van der Waals surface area (Å²) < 4.78 is 0.765. The van der Waals surface area contributed by atoms with Gasteiger partial charge >= 0.3 is 0 Å². The molecule has 1 aliphatic rings. The molecule has 0 N–H and O–H groups in total. The minimum atomic E-state index is 0.0193. The fourth-order valence-electron chi connectivity index (χ4n) is 2.13. The first-order valence-corrected chi connectivity index (χ1v) is 7.02. The van der Waals surface area contributed by atoms with Crippen molar-refractivity contribution in [2.75, 3.05) is 26.2 Å². The molecule has 0 spiro atoms. The van der Waals surface area contributed by atoms with Crippen molar-refractivity contribution in [2.45, 2.75) is 19.9 Å². The minimum absolute atomic E-state index is 0.0193. The first kappa shape index (κ1) is 13.5. The van der Waals surface area contributed by atoms with Crippen LogP contribution in [0.4, 0.5) is 0 Å². The fourth-order valence-corrected chi connectivity index (χ4v) is 2.56. The Morgan fingerprint density at radius 3 is 2.56 bits per heavy atom. The summed E-state index contributed by atoms with van der Waals surface area (Å²) in [5.41, 5.74) is 0.510. The van der Waals surface area contributed by atoms with E-state index in [1.807, 2.05) is 17.0 Å². The summed E-state index contributed by atoms with van der Waals surface area (Å²) in [6.45, 7) is 7.81. The van der Waals surface area contributed by atoms with E-state index in [4.69, 9.17) is 0 Å². The van der Waals surface area contributed by atoms with Crippen molar-refractivity contribution in [3.05, 3.63) is 28.5 Å². The molecule has 0 atom stereocenters. The molecule has 5 heteroatoms. The fraction of sp³-hybridized carbons (Fsp3) is 0.538. The second kappa shape index (κ2) is 5.80. The average molecular weight is 312 g/mol. The summed E-state index contributed by atoms with van der Waals surface area (Å²) in [6.07, 6.45) is 1.66. The molecule has 0 bridgehead atoms. The lowest BCUT2D eigenvalue weighted by atomic mass is 10.2. The Morgan fingerprint density at radius 2 is 2.00 bits per heavy atom. The van der Waals surface area contributed by atoms with Crippen LogP contribution in [0.3, 0.4) is 0 Å². The average Bonchev–Trinajstić information content (AvgIpc) is 2.38. The van der Waals surface area contributed by atoms with E-state index in [1.165, 1.54) is 0 Å². The Hall–Kier alpha value is -0.940. The number of carbonyl (C=O) groups is 1. The van der Waals surface area contributed by atoms with Gasteiger partial charge in [-0.15, -0.1) is 0 Å². The van der Waals surface area contributed by atoms with Gasteiger partial charge in [0.1, 0.15) is 5.69 Å². The molecule has 0 unspecified atom stereocenters. The highest BCUT2D eigenvalue weighted by Gasteiger charge is 2.24. The quantitative estimate of drug-likeness (QED) is 0.838. The summed E-state index contributed by atoms with van der Waals surface area (Å²) in [5.74, 6) is 0.0193. The van der Waals surface area contributed by atoms with Crippen molar-refractivity contribution in [3.63, 3.8) is 0 Å². The number of halogens is 1. The first-order chi connectivity index (χ1) is 8.59. The zero-order valence-electron chi connectivity index (χ0n) is 10.8. The number of nitrogens with zero attached hydrogens (tertiary/aromatic N) is 3. The molecular weight excluding hydrogens is 294 g/mol. The monoisotopic (exact) mass is 311 g/mol. The number of hydrogen-bond donors (Lipinski definition) is 0. The van der Waals surface area contributed by atoms with E-state index in [0.29, 0.717) is 11.7 Å². The number of carbonyl (C=O) groups excluding carboxylic acids is 1. The maximum Gasteiger partial charge on any atom is 0.273 e. The van der Waals surface area contributed by atoms with Gasteiger partial charge in [-0.2, -0.15) is 0 Å². The highest BCUT2D eigenvalue weighted by molar-refractivity contribution is 9.10. The largest absolute Gasteiger partial charge is 0.335 e. The maximum atomic E-state index is 12.3. The smallest absolute Gasteiger partial charge is 0.273 e. The molecule has 1 aliphatic heterocycles. The zero-order chi connectivity index (χ0) is 13.1. The second-order valence-electron chi connectivity index (χ2n) is 4.76. The van der Waals surface area contributed by atoms with Crippen LogP contribution in [0.15, 0.2) is 22.8 Å². The summed E-state index contributed by atoms with van der Waals surface area (Å²) in [5, 5.41) is 0. The molecule has 1 saturated heterocycles. The Labute approximate surface area is 116 Å². The highest BCUT2D eigenvalue weighted by Crippen LogP contribution is 2.16. The molecule has 2 heterocycles. The van der Waals surface area contributed by atoms with Gasteiger partial charge in [0.2, 0.25) is 0 Å². The lowest BCUT2D eigenvalue weighted by Crippen LogP contribution is -2.50. The molecule has 18 heavy (non-hydrogen) atoms. The predicted molar refractivity (Wildman–Crippen MR) is 74.5 cm³/mol. The summed E-state index contributed by atoms with van der Waals surface area (Å²) >= 11 is 3.38. The van der Waals surface area contributed by atoms with Crippen LogP contribution >= 0.6 is 15.9 Å². The molecule has 2 rings (SSSR count). The van der Waals surface area contributed by atoms with Gasteiger partial charge < -0.3 is 4.90 Å². The predicted octanol–water partition coefficient (Wildman–Crippen LogP) is 2.01. The molecule has 0 radical (unpaired) electrons. The van der Waals surface area contributed by atoms with E-state index in [1.54, 1.807) is 6.20 Å². The van der Waals surface area contributed by atoms with Crippen molar-refractivity contribution in [2.24, 2.45) is 0 Å². The van der Waals surface area contributed by atoms with E-state index in [-0.39, 0.29) is 5.91 Å². The molecule has 98 valence electrons. The second-order valence-corrected chi connectivity index (χ2v) is 5.61. The van der Waals surface area contributed by atoms with Crippen LogP contribution in [-0.2, 0) is 0 Å². The maximum absolute atomic E-state index is 12.3. The highest BCUT2D eigenvalue weighted by atomic mass is 79.9. The van der Waals surface area contributed by atoms with E-state index >= 15 is 0 Å². The van der Waals surface area contributed by atoms with Gasteiger partial charge in [-0.1, -0.05) is 0 Å². The Kier molecular flexibility index (Phi) is 4.35. The molecule has 0 saturated carbocycles. The molecule has 1 fully saturated rings. The Balaban J connectivity index is 2.02. The van der Waals surface area contributed by atoms with Crippen LogP contribution in [-0.4, -0.2) is 52.9 Å². The molecule has 0 aliphatic carbocycles. The topological polar surface area (TPSA) is 36.4 Å². The van der Waals surface area contributed by atoms with Crippen molar-refractivity contribution in [3.8, 4) is 0 Å². The number of hydrogen-bond acceptors (Lipinski definition) is 3. The van der Waals surface area contributed by atoms with Gasteiger partial charge in [-0.25, -0.2) is 4.98 Å². The first-order valence-electron chi connectivity index (χ1n) is 6.23. The summed E-state index contributed by atoms with van der Waals surface area (Å²) in [7, 11) is 0. The molecular formula is C13H18BrN3O. The van der Waals surface area contributed by atoms with E-state index in [0.717, 1.165) is 30.7 Å². The lowest BCUT2D eigenvalue weighted by Gasteiger charge is -2.36. The lowest BCUT2D eigenvalue weighted by molar-refractivity contribution is 0.0589. The van der Waals surface area contributed by atoms with Gasteiger partial charge in [0, 0.05) is 42.9 Å². The Morgan fingerprint density at radius 1 is 1.33 bits per heavy atom. The van der Waals surface area contributed by atoms with Crippen LogP contribution in [0, 0.1) is 0 Å². The van der Waals surface area contributed by atoms with Gasteiger partial charge in [-0.3, -0.25) is 9.69 Å².